The number of halogens is 1. The number of amides is 1. The van der Waals surface area contributed by atoms with Crippen LogP contribution in [0.2, 0.25) is 0 Å². The number of aromatic nitrogens is 3. The molecular weight excluding hydrogens is 433 g/mol. The van der Waals surface area contributed by atoms with Crippen molar-refractivity contribution in [2.75, 3.05) is 26.2 Å². The maximum Gasteiger partial charge on any atom is 0.222 e. The number of likely N-dealkylation sites (tertiary alicyclic amines) is 1. The fourth-order valence-electron chi connectivity index (χ4n) is 2.69. The molecule has 2 heterocycles. The van der Waals surface area contributed by atoms with Crippen LogP contribution in [0.1, 0.15) is 44.9 Å². The SMILES string of the molecule is CCNC(=NCc1nncn1C)NCCCN1CCCCCC1=O.I. The van der Waals surface area contributed by atoms with Gasteiger partial charge in [-0.3, -0.25) is 4.79 Å². The Morgan fingerprint density at radius 2 is 2.16 bits per heavy atom. The molecule has 1 aromatic heterocycles. The van der Waals surface area contributed by atoms with E-state index in [4.69, 9.17) is 0 Å². The number of aryl methyl sites for hydroxylation is 1. The molecule has 2 rings (SSSR count). The fourth-order valence-corrected chi connectivity index (χ4v) is 2.69. The molecule has 142 valence electrons. The zero-order chi connectivity index (χ0) is 17.2. The first-order valence-corrected chi connectivity index (χ1v) is 8.83. The molecule has 1 saturated heterocycles. The molecule has 1 aliphatic rings. The van der Waals surface area contributed by atoms with Crippen molar-refractivity contribution in [1.29, 1.82) is 0 Å². The second-order valence-corrected chi connectivity index (χ2v) is 6.03. The van der Waals surface area contributed by atoms with Crippen LogP contribution in [-0.2, 0) is 18.4 Å². The van der Waals surface area contributed by atoms with Gasteiger partial charge in [-0.15, -0.1) is 34.2 Å². The van der Waals surface area contributed by atoms with Gasteiger partial charge in [0.15, 0.2) is 11.8 Å². The van der Waals surface area contributed by atoms with Crippen molar-refractivity contribution in [3.63, 3.8) is 0 Å². The van der Waals surface area contributed by atoms with E-state index in [1.807, 2.05) is 23.4 Å². The maximum absolute atomic E-state index is 12.0. The van der Waals surface area contributed by atoms with Crippen LogP contribution >= 0.6 is 24.0 Å². The summed E-state index contributed by atoms with van der Waals surface area (Å²) < 4.78 is 1.86. The van der Waals surface area contributed by atoms with Gasteiger partial charge in [-0.25, -0.2) is 4.99 Å². The lowest BCUT2D eigenvalue weighted by molar-refractivity contribution is -0.130. The van der Waals surface area contributed by atoms with Crippen molar-refractivity contribution in [2.45, 2.75) is 45.6 Å². The van der Waals surface area contributed by atoms with E-state index >= 15 is 0 Å². The molecule has 0 radical (unpaired) electrons. The molecule has 1 aliphatic heterocycles. The largest absolute Gasteiger partial charge is 0.357 e. The summed E-state index contributed by atoms with van der Waals surface area (Å²) in [7, 11) is 1.91. The Labute approximate surface area is 166 Å². The third kappa shape index (κ3) is 7.57. The third-order valence-electron chi connectivity index (χ3n) is 4.10. The molecule has 0 saturated carbocycles. The zero-order valence-corrected chi connectivity index (χ0v) is 17.5. The Balaban J connectivity index is 0.00000312. The highest BCUT2D eigenvalue weighted by molar-refractivity contribution is 14.0. The Kier molecular flexibility index (Phi) is 10.4. The summed E-state index contributed by atoms with van der Waals surface area (Å²) in [5, 5.41) is 14.4. The van der Waals surface area contributed by atoms with E-state index in [2.05, 4.69) is 25.8 Å². The number of hydrogen-bond acceptors (Lipinski definition) is 4. The minimum Gasteiger partial charge on any atom is -0.357 e. The van der Waals surface area contributed by atoms with E-state index in [1.165, 1.54) is 6.42 Å². The van der Waals surface area contributed by atoms with Gasteiger partial charge < -0.3 is 20.1 Å². The molecule has 25 heavy (non-hydrogen) atoms. The summed E-state index contributed by atoms with van der Waals surface area (Å²) in [6, 6.07) is 0. The van der Waals surface area contributed by atoms with E-state index in [0.29, 0.717) is 18.9 Å². The monoisotopic (exact) mass is 463 g/mol. The minimum atomic E-state index is 0. The van der Waals surface area contributed by atoms with Crippen LogP contribution in [0, 0.1) is 0 Å². The molecular formula is C16H30IN7O. The third-order valence-corrected chi connectivity index (χ3v) is 4.10. The lowest BCUT2D eigenvalue weighted by Gasteiger charge is -2.20. The predicted octanol–water partition coefficient (Wildman–Crippen LogP) is 1.28. The number of carbonyl (C=O) groups excluding carboxylic acids is 1. The summed E-state index contributed by atoms with van der Waals surface area (Å²) in [5.74, 6) is 1.89. The molecule has 0 atom stereocenters. The van der Waals surface area contributed by atoms with Crippen LogP contribution in [-0.4, -0.2) is 57.7 Å². The van der Waals surface area contributed by atoms with Crippen molar-refractivity contribution < 1.29 is 4.79 Å². The van der Waals surface area contributed by atoms with Gasteiger partial charge in [0.25, 0.3) is 0 Å². The van der Waals surface area contributed by atoms with Crippen molar-refractivity contribution in [2.24, 2.45) is 12.0 Å². The lowest BCUT2D eigenvalue weighted by Crippen LogP contribution is -2.39. The van der Waals surface area contributed by atoms with Crippen molar-refractivity contribution in [3.05, 3.63) is 12.2 Å². The molecule has 0 bridgehead atoms. The Morgan fingerprint density at radius 3 is 2.88 bits per heavy atom. The number of carbonyl (C=O) groups is 1. The smallest absolute Gasteiger partial charge is 0.222 e. The van der Waals surface area contributed by atoms with E-state index in [-0.39, 0.29) is 24.0 Å². The molecule has 1 aromatic rings. The van der Waals surface area contributed by atoms with Gasteiger partial charge in [-0.2, -0.15) is 0 Å². The standard InChI is InChI=1S/C16H29N7O.HI/c1-3-17-16(19-12-14-21-20-13-22(14)2)18-9-7-11-23-10-6-4-5-8-15(23)24;/h13H,3-12H2,1-2H3,(H2,17,18,19);1H. The molecule has 0 spiro atoms. The van der Waals surface area contributed by atoms with Gasteiger partial charge in [0, 0.05) is 39.6 Å². The Hall–Kier alpha value is -1.39. The highest BCUT2D eigenvalue weighted by atomic mass is 127. The molecule has 0 aliphatic carbocycles. The lowest BCUT2D eigenvalue weighted by atomic mass is 10.2. The van der Waals surface area contributed by atoms with E-state index < -0.39 is 0 Å². The predicted molar refractivity (Wildman–Crippen MR) is 109 cm³/mol. The summed E-state index contributed by atoms with van der Waals surface area (Å²) in [6.45, 7) is 5.82. The highest BCUT2D eigenvalue weighted by Gasteiger charge is 2.15. The number of guanidine groups is 1. The van der Waals surface area contributed by atoms with Gasteiger partial charge in [-0.1, -0.05) is 6.42 Å². The van der Waals surface area contributed by atoms with Gasteiger partial charge in [0.05, 0.1) is 0 Å². The van der Waals surface area contributed by atoms with Gasteiger partial charge in [-0.05, 0) is 26.2 Å². The van der Waals surface area contributed by atoms with Crippen molar-refractivity contribution in [3.8, 4) is 0 Å². The minimum absolute atomic E-state index is 0. The van der Waals surface area contributed by atoms with Gasteiger partial charge >= 0.3 is 0 Å². The quantitative estimate of drug-likeness (QED) is 0.276. The molecule has 0 aromatic carbocycles. The van der Waals surface area contributed by atoms with Crippen LogP contribution in [0.5, 0.6) is 0 Å². The van der Waals surface area contributed by atoms with Crippen molar-refractivity contribution in [1.82, 2.24) is 30.3 Å². The average Bonchev–Trinajstić information content (AvgIpc) is 2.87. The van der Waals surface area contributed by atoms with Crippen LogP contribution in [0.15, 0.2) is 11.3 Å². The topological polar surface area (TPSA) is 87.4 Å². The van der Waals surface area contributed by atoms with Crippen LogP contribution in [0.3, 0.4) is 0 Å². The number of aliphatic imine (C=N–C) groups is 1. The number of rotatable bonds is 7. The van der Waals surface area contributed by atoms with E-state index in [9.17, 15) is 4.79 Å². The van der Waals surface area contributed by atoms with Gasteiger partial charge in [0.2, 0.25) is 5.91 Å². The van der Waals surface area contributed by atoms with Crippen LogP contribution in [0.4, 0.5) is 0 Å². The molecule has 1 amide bonds. The second-order valence-electron chi connectivity index (χ2n) is 6.03. The number of nitrogens with one attached hydrogen (secondary N) is 2. The molecule has 2 N–H and O–H groups in total. The summed E-state index contributed by atoms with van der Waals surface area (Å²) >= 11 is 0. The van der Waals surface area contributed by atoms with E-state index in [1.54, 1.807) is 6.33 Å². The normalized spacial score (nSPS) is 15.5. The second kappa shape index (κ2) is 12.0. The molecule has 9 heteroatoms. The first-order valence-electron chi connectivity index (χ1n) is 8.83. The van der Waals surface area contributed by atoms with E-state index in [0.717, 1.165) is 57.2 Å². The average molecular weight is 463 g/mol. The van der Waals surface area contributed by atoms with Crippen molar-refractivity contribution >= 4 is 35.8 Å². The summed E-state index contributed by atoms with van der Waals surface area (Å²) in [6.07, 6.45) is 6.62. The number of nitrogens with zero attached hydrogens (tertiary/aromatic N) is 5. The summed E-state index contributed by atoms with van der Waals surface area (Å²) in [4.78, 5) is 18.5. The van der Waals surface area contributed by atoms with Crippen LogP contribution < -0.4 is 10.6 Å². The first-order chi connectivity index (χ1) is 11.7. The highest BCUT2D eigenvalue weighted by Crippen LogP contribution is 2.11. The summed E-state index contributed by atoms with van der Waals surface area (Å²) in [5.41, 5.74) is 0. The Bertz CT molecular complexity index is 546. The fraction of sp³-hybridized carbons (Fsp3) is 0.750. The Morgan fingerprint density at radius 1 is 1.32 bits per heavy atom. The zero-order valence-electron chi connectivity index (χ0n) is 15.2. The number of hydrogen-bond donors (Lipinski definition) is 2. The maximum atomic E-state index is 12.0. The van der Waals surface area contributed by atoms with Gasteiger partial charge in [0.1, 0.15) is 12.9 Å². The molecule has 8 nitrogen and oxygen atoms in total. The van der Waals surface area contributed by atoms with Crippen LogP contribution in [0.25, 0.3) is 0 Å². The molecule has 0 unspecified atom stereocenters. The molecule has 1 fully saturated rings. The first kappa shape index (κ1) is 21.7.